The van der Waals surface area contributed by atoms with Crippen LogP contribution in [0.1, 0.15) is 27.7 Å². The molecule has 146 valence electrons. The molecule has 27 heavy (non-hydrogen) atoms. The third-order valence-electron chi connectivity index (χ3n) is 3.65. The van der Waals surface area contributed by atoms with Crippen molar-refractivity contribution in [1.82, 2.24) is 9.79 Å². The second kappa shape index (κ2) is 10.6. The van der Waals surface area contributed by atoms with Crippen LogP contribution in [0.2, 0.25) is 0 Å². The number of carbonyl (C=O) groups excluding carboxylic acids is 1. The van der Waals surface area contributed by atoms with Gasteiger partial charge in [0.25, 0.3) is 5.91 Å². The van der Waals surface area contributed by atoms with Crippen LogP contribution in [-0.2, 0) is 14.8 Å². The fourth-order valence-electron chi connectivity index (χ4n) is 2.36. The summed E-state index contributed by atoms with van der Waals surface area (Å²) in [5.74, 6) is 10.0. The van der Waals surface area contributed by atoms with Gasteiger partial charge in [-0.15, -0.1) is 11.8 Å². The second-order valence-electron chi connectivity index (χ2n) is 5.83. The van der Waals surface area contributed by atoms with Crippen molar-refractivity contribution < 1.29 is 23.2 Å². The summed E-state index contributed by atoms with van der Waals surface area (Å²) in [5.41, 5.74) is 1.54. The number of hydrogen-bond acceptors (Lipinski definition) is 5. The number of amides is 1. The summed E-state index contributed by atoms with van der Waals surface area (Å²) in [6.45, 7) is 6.67. The van der Waals surface area contributed by atoms with Crippen LogP contribution in [0, 0.1) is 29.6 Å². The minimum absolute atomic E-state index is 0.00859. The summed E-state index contributed by atoms with van der Waals surface area (Å²) in [6, 6.07) is 4.71. The number of ether oxygens (including phenoxy) is 1. The molecule has 0 aliphatic heterocycles. The maximum Gasteiger partial charge on any atom is 0.262 e. The average Bonchev–Trinajstić information content (AvgIpc) is 2.64. The maximum atomic E-state index is 13.1. The van der Waals surface area contributed by atoms with Gasteiger partial charge in [-0.2, -0.15) is 4.31 Å². The Kier molecular flexibility index (Phi) is 8.83. The Morgan fingerprint density at radius 2 is 1.78 bits per heavy atom. The van der Waals surface area contributed by atoms with Gasteiger partial charge in [-0.05, 0) is 44.0 Å². The highest BCUT2D eigenvalue weighted by atomic mass is 32.2. The van der Waals surface area contributed by atoms with Crippen molar-refractivity contribution in [2.45, 2.75) is 38.6 Å². The van der Waals surface area contributed by atoms with Crippen molar-refractivity contribution in [3.63, 3.8) is 0 Å². The maximum absolute atomic E-state index is 13.1. The molecule has 2 N–H and O–H groups in total. The number of nitrogens with zero attached hydrogens (tertiary/aromatic N) is 1. The van der Waals surface area contributed by atoms with E-state index in [1.165, 1.54) is 29.7 Å². The fourth-order valence-corrected chi connectivity index (χ4v) is 3.98. The van der Waals surface area contributed by atoms with Gasteiger partial charge in [-0.3, -0.25) is 10.0 Å². The first-order valence-electron chi connectivity index (χ1n) is 8.27. The topological polar surface area (TPSA) is 95.9 Å². The van der Waals surface area contributed by atoms with Gasteiger partial charge in [-0.1, -0.05) is 25.7 Å². The van der Waals surface area contributed by atoms with Gasteiger partial charge in [0.05, 0.1) is 11.4 Å². The molecular formula is C19H24N2O5S. The predicted octanol–water partition coefficient (Wildman–Crippen LogP) is 1.63. The molecule has 0 saturated heterocycles. The molecule has 0 saturated carbocycles. The summed E-state index contributed by atoms with van der Waals surface area (Å²) in [6.07, 6.45) is 0. The van der Waals surface area contributed by atoms with Crippen molar-refractivity contribution in [2.75, 3.05) is 13.2 Å². The summed E-state index contributed by atoms with van der Waals surface area (Å²) in [5, 5.41) is 9.02. The zero-order chi connectivity index (χ0) is 20.4. The predicted molar refractivity (Wildman–Crippen MR) is 101 cm³/mol. The Bertz CT molecular complexity index is 855. The van der Waals surface area contributed by atoms with E-state index >= 15 is 0 Å². The van der Waals surface area contributed by atoms with Crippen LogP contribution < -0.4 is 10.2 Å². The molecule has 1 aromatic carbocycles. The lowest BCUT2D eigenvalue weighted by molar-refractivity contribution is -0.134. The molecular weight excluding hydrogens is 368 g/mol. The minimum atomic E-state index is -4.04. The largest absolute Gasteiger partial charge is 0.481 e. The lowest BCUT2D eigenvalue weighted by Crippen LogP contribution is -2.51. The number of carbonyl (C=O) groups is 1. The molecule has 1 unspecified atom stereocenters. The molecule has 1 atom stereocenters. The van der Waals surface area contributed by atoms with Crippen molar-refractivity contribution in [2.24, 2.45) is 5.92 Å². The Morgan fingerprint density at radius 1 is 1.19 bits per heavy atom. The van der Waals surface area contributed by atoms with E-state index in [-0.39, 0.29) is 24.0 Å². The highest BCUT2D eigenvalue weighted by Gasteiger charge is 2.37. The number of rotatable bonds is 8. The van der Waals surface area contributed by atoms with Gasteiger partial charge in [0, 0.05) is 0 Å². The molecule has 1 amide bonds. The van der Waals surface area contributed by atoms with Crippen LogP contribution in [0.4, 0.5) is 0 Å². The van der Waals surface area contributed by atoms with E-state index in [9.17, 15) is 13.2 Å². The molecule has 0 fully saturated rings. The van der Waals surface area contributed by atoms with Gasteiger partial charge in [0.2, 0.25) is 10.0 Å². The van der Waals surface area contributed by atoms with Crippen molar-refractivity contribution in [1.29, 1.82) is 0 Å². The molecule has 0 heterocycles. The van der Waals surface area contributed by atoms with Crippen molar-refractivity contribution >= 4 is 15.9 Å². The van der Waals surface area contributed by atoms with E-state index in [1.54, 1.807) is 27.7 Å². The quantitative estimate of drug-likeness (QED) is 0.398. The van der Waals surface area contributed by atoms with Crippen LogP contribution in [0.3, 0.4) is 0 Å². The summed E-state index contributed by atoms with van der Waals surface area (Å²) in [4.78, 5) is 12.1. The number of benzene rings is 1. The van der Waals surface area contributed by atoms with Gasteiger partial charge < -0.3 is 4.74 Å². The summed E-state index contributed by atoms with van der Waals surface area (Å²) < 4.78 is 32.6. The summed E-state index contributed by atoms with van der Waals surface area (Å²) in [7, 11) is -4.04. The fraction of sp³-hybridized carbons (Fsp3) is 0.421. The molecule has 8 heteroatoms. The van der Waals surface area contributed by atoms with Crippen LogP contribution in [-0.4, -0.2) is 43.0 Å². The lowest BCUT2D eigenvalue weighted by Gasteiger charge is -2.30. The van der Waals surface area contributed by atoms with Crippen LogP contribution in [0.15, 0.2) is 29.2 Å². The smallest absolute Gasteiger partial charge is 0.262 e. The van der Waals surface area contributed by atoms with Crippen molar-refractivity contribution in [3.8, 4) is 29.4 Å². The standard InChI is InChI=1S/C19H24N2O5S/c1-5-7-13-21(18(15(3)4)19(22)20-23)27(24,25)17-11-9-16(10-12-17)26-14-8-6-2/h9-12,15,18,23H,13-14H2,1-4H3,(H,20,22). The zero-order valence-corrected chi connectivity index (χ0v) is 16.6. The van der Waals surface area contributed by atoms with Gasteiger partial charge in [-0.25, -0.2) is 13.9 Å². The number of nitrogens with one attached hydrogen (secondary N) is 1. The highest BCUT2D eigenvalue weighted by molar-refractivity contribution is 7.89. The van der Waals surface area contributed by atoms with Crippen LogP contribution in [0.5, 0.6) is 5.75 Å². The van der Waals surface area contributed by atoms with Crippen molar-refractivity contribution in [3.05, 3.63) is 24.3 Å². The molecule has 7 nitrogen and oxygen atoms in total. The van der Waals surface area contributed by atoms with Crippen LogP contribution >= 0.6 is 0 Å². The van der Waals surface area contributed by atoms with Gasteiger partial charge >= 0.3 is 0 Å². The van der Waals surface area contributed by atoms with E-state index in [2.05, 4.69) is 23.7 Å². The third-order valence-corrected chi connectivity index (χ3v) is 5.49. The monoisotopic (exact) mass is 392 g/mol. The lowest BCUT2D eigenvalue weighted by atomic mass is 10.0. The SMILES string of the molecule is CC#CCOc1ccc(S(=O)(=O)N(CC#CC)C(C(=O)NO)C(C)C)cc1. The van der Waals surface area contributed by atoms with Crippen LogP contribution in [0.25, 0.3) is 0 Å². The van der Waals surface area contributed by atoms with E-state index < -0.39 is 22.0 Å². The molecule has 1 rings (SSSR count). The molecule has 0 radical (unpaired) electrons. The molecule has 1 aromatic rings. The Balaban J connectivity index is 3.27. The van der Waals surface area contributed by atoms with E-state index in [1.807, 2.05) is 0 Å². The first kappa shape index (κ1) is 22.5. The van der Waals surface area contributed by atoms with E-state index in [4.69, 9.17) is 9.94 Å². The third kappa shape index (κ3) is 6.00. The highest BCUT2D eigenvalue weighted by Crippen LogP contribution is 2.24. The summed E-state index contributed by atoms with van der Waals surface area (Å²) >= 11 is 0. The van der Waals surface area contributed by atoms with Gasteiger partial charge in [0.1, 0.15) is 18.4 Å². The Labute approximate surface area is 160 Å². The normalized spacial score (nSPS) is 11.8. The molecule has 0 bridgehead atoms. The number of hydroxylamine groups is 1. The first-order valence-corrected chi connectivity index (χ1v) is 9.71. The molecule has 0 aliphatic rings. The molecule has 0 spiro atoms. The number of sulfonamides is 1. The van der Waals surface area contributed by atoms with E-state index in [0.29, 0.717) is 5.75 Å². The second-order valence-corrected chi connectivity index (χ2v) is 7.72. The zero-order valence-electron chi connectivity index (χ0n) is 15.8. The molecule has 0 aliphatic carbocycles. The minimum Gasteiger partial charge on any atom is -0.481 e. The number of hydrogen-bond donors (Lipinski definition) is 2. The Hall–Kier alpha value is -2.52. The average molecular weight is 392 g/mol. The van der Waals surface area contributed by atoms with E-state index in [0.717, 1.165) is 4.31 Å². The first-order chi connectivity index (χ1) is 12.8. The Morgan fingerprint density at radius 3 is 2.26 bits per heavy atom. The molecule has 0 aromatic heterocycles. The van der Waals surface area contributed by atoms with Gasteiger partial charge in [0.15, 0.2) is 0 Å².